The molecule has 170 valence electrons. The first-order valence-electron chi connectivity index (χ1n) is 10.9. The van der Waals surface area contributed by atoms with Gasteiger partial charge in [-0.2, -0.15) is 0 Å². The van der Waals surface area contributed by atoms with Gasteiger partial charge in [-0.25, -0.2) is 4.98 Å². The number of primary amides is 1. The molecule has 1 atom stereocenters. The molecule has 1 saturated heterocycles. The summed E-state index contributed by atoms with van der Waals surface area (Å²) in [7, 11) is 0. The Kier molecular flexibility index (Phi) is 6.26. The van der Waals surface area contributed by atoms with E-state index in [4.69, 9.17) is 5.73 Å². The lowest BCUT2D eigenvalue weighted by Crippen LogP contribution is -2.59. The van der Waals surface area contributed by atoms with Crippen LogP contribution in [0.25, 0.3) is 0 Å². The summed E-state index contributed by atoms with van der Waals surface area (Å²) in [5, 5.41) is 3.29. The average molecular weight is 445 g/mol. The summed E-state index contributed by atoms with van der Waals surface area (Å²) in [6.45, 7) is 7.12. The fourth-order valence-corrected chi connectivity index (χ4v) is 4.50. The molecule has 2 aromatic carbocycles. The minimum absolute atomic E-state index is 0.105. The number of nitrogens with two attached hydrogens (primary N) is 1. The number of anilines is 3. The molecule has 0 spiro atoms. The van der Waals surface area contributed by atoms with Crippen molar-refractivity contribution in [3.8, 4) is 0 Å². The summed E-state index contributed by atoms with van der Waals surface area (Å²) in [5.74, 6) is 0.0566. The second-order valence-electron chi connectivity index (χ2n) is 8.30. The Hall–Kier alpha value is -3.94. The fraction of sp³-hybridized carbons (Fsp3) is 0.280. The standard InChI is InChI=1S/C25H28N6O2/c1-16-13-17(2)23(29-21-14-27-9-10-28-21)18(3)22(16)25(33)30-11-12-31(20(15-30)24(26)32)19-7-5-4-6-8-19/h4-10,13-14,20H,11-12,15H2,1-3H3,(H2,26,32)(H,28,29)/t20-/m1/s1. The van der Waals surface area contributed by atoms with Crippen molar-refractivity contribution in [2.75, 3.05) is 29.9 Å². The molecular formula is C25H28N6O2. The summed E-state index contributed by atoms with van der Waals surface area (Å²) >= 11 is 0. The highest BCUT2D eigenvalue weighted by atomic mass is 16.2. The van der Waals surface area contributed by atoms with Gasteiger partial charge in [0.2, 0.25) is 5.91 Å². The maximum Gasteiger partial charge on any atom is 0.254 e. The van der Waals surface area contributed by atoms with Crippen molar-refractivity contribution in [1.29, 1.82) is 0 Å². The zero-order valence-corrected chi connectivity index (χ0v) is 19.1. The van der Waals surface area contributed by atoms with Crippen molar-refractivity contribution in [1.82, 2.24) is 14.9 Å². The van der Waals surface area contributed by atoms with E-state index in [1.807, 2.05) is 62.1 Å². The first kappa shape index (κ1) is 22.3. The smallest absolute Gasteiger partial charge is 0.254 e. The van der Waals surface area contributed by atoms with Crippen molar-refractivity contribution in [2.45, 2.75) is 26.8 Å². The van der Waals surface area contributed by atoms with Crippen LogP contribution in [0.4, 0.5) is 17.2 Å². The van der Waals surface area contributed by atoms with Crippen LogP contribution in [0.1, 0.15) is 27.0 Å². The number of nitrogens with zero attached hydrogens (tertiary/aromatic N) is 4. The zero-order chi connectivity index (χ0) is 23.5. The van der Waals surface area contributed by atoms with Crippen LogP contribution in [0, 0.1) is 20.8 Å². The predicted molar refractivity (Wildman–Crippen MR) is 129 cm³/mol. The number of para-hydroxylation sites is 1. The summed E-state index contributed by atoms with van der Waals surface area (Å²) < 4.78 is 0. The molecule has 4 rings (SSSR count). The van der Waals surface area contributed by atoms with Gasteiger partial charge in [0.25, 0.3) is 5.91 Å². The first-order valence-corrected chi connectivity index (χ1v) is 10.9. The number of carbonyl (C=O) groups excluding carboxylic acids is 2. The summed E-state index contributed by atoms with van der Waals surface area (Å²) in [6.07, 6.45) is 4.86. The molecule has 3 N–H and O–H groups in total. The van der Waals surface area contributed by atoms with Gasteiger partial charge in [0.1, 0.15) is 11.9 Å². The van der Waals surface area contributed by atoms with Crippen molar-refractivity contribution < 1.29 is 9.59 Å². The highest BCUT2D eigenvalue weighted by Gasteiger charge is 2.34. The number of aryl methyl sites for hydroxylation is 2. The fourth-order valence-electron chi connectivity index (χ4n) is 4.50. The van der Waals surface area contributed by atoms with Crippen LogP contribution in [0.2, 0.25) is 0 Å². The van der Waals surface area contributed by atoms with Crippen LogP contribution < -0.4 is 16.0 Å². The van der Waals surface area contributed by atoms with Gasteiger partial charge in [0, 0.05) is 42.4 Å². The number of hydrogen-bond acceptors (Lipinski definition) is 6. The number of rotatable bonds is 5. The number of carbonyl (C=O) groups is 2. The van der Waals surface area contributed by atoms with Gasteiger partial charge in [-0.3, -0.25) is 14.6 Å². The second-order valence-corrected chi connectivity index (χ2v) is 8.30. The minimum atomic E-state index is -0.589. The molecule has 1 aromatic heterocycles. The maximum absolute atomic E-state index is 13.7. The summed E-state index contributed by atoms with van der Waals surface area (Å²) in [5.41, 5.74) is 10.9. The van der Waals surface area contributed by atoms with E-state index in [0.29, 0.717) is 24.5 Å². The molecular weight excluding hydrogens is 416 g/mol. The highest BCUT2D eigenvalue weighted by Crippen LogP contribution is 2.31. The number of aromatic nitrogens is 2. The van der Waals surface area contributed by atoms with Gasteiger partial charge >= 0.3 is 0 Å². The SMILES string of the molecule is Cc1cc(C)c(C(=O)N2CCN(c3ccccc3)[C@@H](C(N)=O)C2)c(C)c1Nc1cnccn1. The number of piperazine rings is 1. The Bertz CT molecular complexity index is 1170. The quantitative estimate of drug-likeness (QED) is 0.627. The number of amides is 2. The number of nitrogens with one attached hydrogen (secondary N) is 1. The Balaban J connectivity index is 1.63. The Morgan fingerprint density at radius 2 is 1.82 bits per heavy atom. The average Bonchev–Trinajstić information content (AvgIpc) is 2.82. The van der Waals surface area contributed by atoms with E-state index in [1.165, 1.54) is 0 Å². The van der Waals surface area contributed by atoms with Gasteiger partial charge in [-0.15, -0.1) is 0 Å². The van der Waals surface area contributed by atoms with Crippen LogP contribution in [0.5, 0.6) is 0 Å². The van der Waals surface area contributed by atoms with Crippen LogP contribution in [-0.2, 0) is 4.79 Å². The lowest BCUT2D eigenvalue weighted by atomic mass is 9.95. The molecule has 2 amide bonds. The molecule has 2 heterocycles. The molecule has 33 heavy (non-hydrogen) atoms. The molecule has 0 saturated carbocycles. The molecule has 0 bridgehead atoms. The molecule has 0 aliphatic carbocycles. The molecule has 1 aliphatic rings. The van der Waals surface area contributed by atoms with Gasteiger partial charge in [0.15, 0.2) is 0 Å². The Morgan fingerprint density at radius 1 is 1.06 bits per heavy atom. The molecule has 3 aromatic rings. The summed E-state index contributed by atoms with van der Waals surface area (Å²) in [4.78, 5) is 38.0. The molecule has 1 fully saturated rings. The lowest BCUT2D eigenvalue weighted by Gasteiger charge is -2.41. The molecule has 1 aliphatic heterocycles. The molecule has 8 nitrogen and oxygen atoms in total. The van der Waals surface area contributed by atoms with Crippen molar-refractivity contribution in [2.24, 2.45) is 5.73 Å². The monoisotopic (exact) mass is 444 g/mol. The summed E-state index contributed by atoms with van der Waals surface area (Å²) in [6, 6.07) is 11.1. The van der Waals surface area contributed by atoms with E-state index < -0.39 is 11.9 Å². The number of benzene rings is 2. The second kappa shape index (κ2) is 9.28. The van der Waals surface area contributed by atoms with E-state index in [0.717, 1.165) is 28.1 Å². The van der Waals surface area contributed by atoms with E-state index in [2.05, 4.69) is 15.3 Å². The molecule has 0 radical (unpaired) electrons. The van der Waals surface area contributed by atoms with Crippen LogP contribution in [0.15, 0.2) is 55.0 Å². The minimum Gasteiger partial charge on any atom is -0.368 e. The zero-order valence-electron chi connectivity index (χ0n) is 19.1. The third kappa shape index (κ3) is 4.50. The van der Waals surface area contributed by atoms with Gasteiger partial charge in [-0.1, -0.05) is 24.3 Å². The van der Waals surface area contributed by atoms with Crippen LogP contribution in [0.3, 0.4) is 0 Å². The Labute approximate surface area is 193 Å². The van der Waals surface area contributed by atoms with Gasteiger partial charge in [-0.05, 0) is 49.6 Å². The van der Waals surface area contributed by atoms with E-state index in [1.54, 1.807) is 23.5 Å². The number of hydrogen-bond donors (Lipinski definition) is 2. The first-order chi connectivity index (χ1) is 15.9. The van der Waals surface area contributed by atoms with Crippen molar-refractivity contribution >= 4 is 29.0 Å². The van der Waals surface area contributed by atoms with E-state index in [9.17, 15) is 9.59 Å². The molecule has 0 unspecified atom stereocenters. The van der Waals surface area contributed by atoms with Crippen LogP contribution >= 0.6 is 0 Å². The van der Waals surface area contributed by atoms with E-state index in [-0.39, 0.29) is 12.5 Å². The highest BCUT2D eigenvalue weighted by molar-refractivity contribution is 6.00. The molecule has 8 heteroatoms. The predicted octanol–water partition coefficient (Wildman–Crippen LogP) is 2.96. The van der Waals surface area contributed by atoms with Crippen molar-refractivity contribution in [3.63, 3.8) is 0 Å². The van der Waals surface area contributed by atoms with E-state index >= 15 is 0 Å². The van der Waals surface area contributed by atoms with Gasteiger partial charge < -0.3 is 20.9 Å². The largest absolute Gasteiger partial charge is 0.368 e. The normalized spacial score (nSPS) is 15.9. The van der Waals surface area contributed by atoms with Crippen LogP contribution in [-0.4, -0.2) is 52.4 Å². The topological polar surface area (TPSA) is 104 Å². The van der Waals surface area contributed by atoms with Gasteiger partial charge in [0.05, 0.1) is 12.7 Å². The lowest BCUT2D eigenvalue weighted by molar-refractivity contribution is -0.119. The van der Waals surface area contributed by atoms with Crippen molar-refractivity contribution in [3.05, 3.63) is 77.2 Å². The third-order valence-corrected chi connectivity index (χ3v) is 6.09. The third-order valence-electron chi connectivity index (χ3n) is 6.09. The Morgan fingerprint density at radius 3 is 2.48 bits per heavy atom. The maximum atomic E-state index is 13.7.